The second-order valence-electron chi connectivity index (χ2n) is 9.55. The van der Waals surface area contributed by atoms with Crippen LogP contribution in [0.3, 0.4) is 0 Å². The Morgan fingerprint density at radius 1 is 1.13 bits per heavy atom. The van der Waals surface area contributed by atoms with Crippen LogP contribution < -0.4 is 26.8 Å². The number of nitrogens with one attached hydrogen (secondary N) is 2. The molecule has 0 spiro atoms. The number of rotatable bonds is 4. The number of hydrogen-bond donors (Lipinski definition) is 3. The van der Waals surface area contributed by atoms with Crippen LogP contribution in [-0.2, 0) is 0 Å². The van der Waals surface area contributed by atoms with Crippen molar-refractivity contribution < 1.29 is 9.18 Å². The van der Waals surface area contributed by atoms with Gasteiger partial charge in [-0.15, -0.1) is 0 Å². The lowest BCUT2D eigenvalue weighted by molar-refractivity contribution is 0.0715. The number of aromatic nitrogens is 3. The smallest absolute Gasteiger partial charge is 0.253 e. The fourth-order valence-electron chi connectivity index (χ4n) is 4.78. The summed E-state index contributed by atoms with van der Waals surface area (Å²) in [7, 11) is 0. The molecule has 2 aliphatic heterocycles. The Morgan fingerprint density at radius 2 is 1.92 bits per heavy atom. The normalized spacial score (nSPS) is 14.7. The molecule has 6 rings (SSSR count). The third-order valence-corrected chi connectivity index (χ3v) is 7.11. The zero-order chi connectivity index (χ0) is 26.9. The average Bonchev–Trinajstić information content (AvgIpc) is 3.12. The highest BCUT2D eigenvalue weighted by molar-refractivity contribution is 6.30. The summed E-state index contributed by atoms with van der Waals surface area (Å²) >= 11 is 6.41. The topological polar surface area (TPSA) is 109 Å². The van der Waals surface area contributed by atoms with Gasteiger partial charge in [0.25, 0.3) is 5.91 Å². The average molecular weight is 542 g/mol. The molecule has 2 aliphatic rings. The molecule has 10 heteroatoms. The van der Waals surface area contributed by atoms with Crippen LogP contribution in [0, 0.1) is 5.82 Å². The van der Waals surface area contributed by atoms with E-state index in [0.29, 0.717) is 46.6 Å². The van der Waals surface area contributed by atoms with Gasteiger partial charge < -0.3 is 21.3 Å². The predicted octanol–water partition coefficient (Wildman–Crippen LogP) is 3.63. The molecule has 1 amide bonds. The number of pyridine rings is 1. The van der Waals surface area contributed by atoms with E-state index in [0.717, 1.165) is 29.0 Å². The van der Waals surface area contributed by atoms with Gasteiger partial charge in [0, 0.05) is 58.6 Å². The number of anilines is 3. The molecule has 1 fully saturated rings. The number of hydrogen-bond acceptors (Lipinski definition) is 7. The maximum Gasteiger partial charge on any atom is 0.253 e. The summed E-state index contributed by atoms with van der Waals surface area (Å²) in [6, 6.07) is 13.8. The van der Waals surface area contributed by atoms with Crippen molar-refractivity contribution in [1.82, 2.24) is 19.9 Å². The molecule has 1 saturated heterocycles. The van der Waals surface area contributed by atoms with E-state index in [1.54, 1.807) is 48.9 Å². The third kappa shape index (κ3) is 5.19. The van der Waals surface area contributed by atoms with Crippen LogP contribution in [0.1, 0.15) is 28.9 Å². The van der Waals surface area contributed by atoms with Crippen LogP contribution in [0.5, 0.6) is 0 Å². The Hall–Kier alpha value is -4.34. The molecule has 0 unspecified atom stereocenters. The van der Waals surface area contributed by atoms with Crippen LogP contribution in [0.25, 0.3) is 23.5 Å². The molecule has 196 valence electrons. The van der Waals surface area contributed by atoms with Crippen molar-refractivity contribution >= 4 is 47.1 Å². The van der Waals surface area contributed by atoms with E-state index in [4.69, 9.17) is 17.3 Å². The van der Waals surface area contributed by atoms with Gasteiger partial charge in [-0.3, -0.25) is 9.78 Å². The molecule has 39 heavy (non-hydrogen) atoms. The summed E-state index contributed by atoms with van der Waals surface area (Å²) in [5.74, 6) is -0.0393. The number of carbonyl (C=O) groups is 1. The van der Waals surface area contributed by atoms with Crippen LogP contribution in [0.2, 0.25) is 5.02 Å². The van der Waals surface area contributed by atoms with Gasteiger partial charge in [-0.25, -0.2) is 14.4 Å². The van der Waals surface area contributed by atoms with E-state index in [1.807, 2.05) is 23.1 Å². The van der Waals surface area contributed by atoms with Crippen molar-refractivity contribution in [3.05, 3.63) is 93.5 Å². The lowest BCUT2D eigenvalue weighted by Crippen LogP contribution is -2.42. The lowest BCUT2D eigenvalue weighted by Gasteiger charge is -2.30. The minimum Gasteiger partial charge on any atom is -0.358 e. The van der Waals surface area contributed by atoms with Crippen molar-refractivity contribution in [1.29, 1.82) is 0 Å². The van der Waals surface area contributed by atoms with E-state index < -0.39 is 5.82 Å². The Morgan fingerprint density at radius 3 is 2.69 bits per heavy atom. The number of amides is 1. The standard InChI is InChI=1S/C29H25ClFN7O/c30-19-12-18-13-25-26(34-15-23(18)22(14-19)27-24(31)2-1-9-33-27)16-35-29(37-25)36-21-5-3-17(4-6-21)28(39)38-10-7-20(32)8-11-38/h1-6,9,12-16,20,34H,7-8,10-11,32H2,(H,35,36,37). The van der Waals surface area contributed by atoms with Crippen molar-refractivity contribution in [2.75, 3.05) is 23.7 Å². The van der Waals surface area contributed by atoms with Crippen molar-refractivity contribution in [2.45, 2.75) is 18.9 Å². The molecule has 8 nitrogen and oxygen atoms in total. The first-order valence-corrected chi connectivity index (χ1v) is 13.0. The number of piperidine rings is 1. The quantitative estimate of drug-likeness (QED) is 0.362. The highest BCUT2D eigenvalue weighted by atomic mass is 35.5. The van der Waals surface area contributed by atoms with Gasteiger partial charge in [-0.2, -0.15) is 0 Å². The second-order valence-corrected chi connectivity index (χ2v) is 9.98. The maximum absolute atomic E-state index is 14.6. The van der Waals surface area contributed by atoms with Crippen molar-refractivity contribution in [3.63, 3.8) is 0 Å². The van der Waals surface area contributed by atoms with Gasteiger partial charge in [-0.05, 0) is 72.7 Å². The molecule has 0 saturated carbocycles. The summed E-state index contributed by atoms with van der Waals surface area (Å²) in [5, 5.41) is 8.38. The minimum absolute atomic E-state index is 0.00827. The minimum atomic E-state index is -0.434. The lowest BCUT2D eigenvalue weighted by atomic mass is 10.0. The highest BCUT2D eigenvalue weighted by Crippen LogP contribution is 2.23. The third-order valence-electron chi connectivity index (χ3n) is 6.89. The molecule has 4 N–H and O–H groups in total. The first-order chi connectivity index (χ1) is 18.9. The molecule has 0 aliphatic carbocycles. The summed E-state index contributed by atoms with van der Waals surface area (Å²) in [5.41, 5.74) is 9.43. The zero-order valence-electron chi connectivity index (χ0n) is 20.9. The van der Waals surface area contributed by atoms with Crippen molar-refractivity contribution in [2.24, 2.45) is 5.73 Å². The van der Waals surface area contributed by atoms with Gasteiger partial charge in [0.2, 0.25) is 5.95 Å². The largest absolute Gasteiger partial charge is 0.358 e. The fraction of sp³-hybridized carbons (Fsp3) is 0.172. The van der Waals surface area contributed by atoms with E-state index in [1.165, 1.54) is 6.07 Å². The predicted molar refractivity (Wildman–Crippen MR) is 150 cm³/mol. The van der Waals surface area contributed by atoms with Crippen LogP contribution in [0.15, 0.2) is 60.9 Å². The number of likely N-dealkylation sites (tertiary alicyclic amines) is 1. The van der Waals surface area contributed by atoms with Crippen LogP contribution in [-0.4, -0.2) is 44.9 Å². The Kier molecular flexibility index (Phi) is 6.68. The van der Waals surface area contributed by atoms with Gasteiger partial charge in [-0.1, -0.05) is 11.6 Å². The number of nitrogens with two attached hydrogens (primary N) is 1. The monoisotopic (exact) mass is 541 g/mol. The summed E-state index contributed by atoms with van der Waals surface area (Å²) in [6.07, 6.45) is 8.51. The molecule has 0 atom stereocenters. The molecule has 2 aromatic carbocycles. The highest BCUT2D eigenvalue weighted by Gasteiger charge is 2.21. The number of nitrogens with zero attached hydrogens (tertiary/aromatic N) is 4. The second kappa shape index (κ2) is 10.4. The van der Waals surface area contributed by atoms with Crippen molar-refractivity contribution in [3.8, 4) is 11.3 Å². The van der Waals surface area contributed by atoms with Gasteiger partial charge in [0.1, 0.15) is 11.5 Å². The van der Waals surface area contributed by atoms with E-state index in [9.17, 15) is 9.18 Å². The number of carbonyl (C=O) groups excluding carboxylic acids is 1. The molecule has 2 aromatic heterocycles. The fourth-order valence-corrected chi connectivity index (χ4v) is 5.01. The molecule has 4 heterocycles. The van der Waals surface area contributed by atoms with E-state index in [2.05, 4.69) is 25.6 Å². The van der Waals surface area contributed by atoms with Gasteiger partial charge in [0.15, 0.2) is 0 Å². The molecular weight excluding hydrogens is 517 g/mol. The summed E-state index contributed by atoms with van der Waals surface area (Å²) in [6.45, 7) is 1.36. The van der Waals surface area contributed by atoms with E-state index in [-0.39, 0.29) is 17.6 Å². The molecule has 4 aromatic rings. The molecule has 0 radical (unpaired) electrons. The first-order valence-electron chi connectivity index (χ1n) is 12.6. The van der Waals surface area contributed by atoms with Crippen LogP contribution in [0.4, 0.5) is 21.7 Å². The SMILES string of the molecule is NC1CCN(C(=O)c2ccc(Nc3ncc4c(n3)C=c3cc(Cl)cc(-c5ncccc5F)c3=CN4)cc2)CC1. The Labute approximate surface area is 229 Å². The summed E-state index contributed by atoms with van der Waals surface area (Å²) < 4.78 is 14.6. The van der Waals surface area contributed by atoms with Gasteiger partial charge in [0.05, 0.1) is 17.6 Å². The Balaban J connectivity index is 1.27. The van der Waals surface area contributed by atoms with Gasteiger partial charge >= 0.3 is 0 Å². The zero-order valence-corrected chi connectivity index (χ0v) is 21.6. The Bertz CT molecular complexity index is 1690. The number of benzene rings is 2. The van der Waals surface area contributed by atoms with E-state index >= 15 is 0 Å². The maximum atomic E-state index is 14.6. The summed E-state index contributed by atoms with van der Waals surface area (Å²) in [4.78, 5) is 28.0. The number of fused-ring (bicyclic) bond motifs is 2. The number of halogens is 2. The molecular formula is C29H25ClFN7O. The van der Waals surface area contributed by atoms with Crippen LogP contribution >= 0.6 is 11.6 Å². The first kappa shape index (κ1) is 25.0. The molecule has 0 bridgehead atoms.